The van der Waals surface area contributed by atoms with Crippen molar-refractivity contribution in [3.05, 3.63) is 11.4 Å². The summed E-state index contributed by atoms with van der Waals surface area (Å²) in [6.07, 6.45) is -0.327. The lowest BCUT2D eigenvalue weighted by molar-refractivity contribution is -0.143. The molecule has 0 fully saturated rings. The van der Waals surface area contributed by atoms with Crippen LogP contribution in [0.4, 0.5) is 4.79 Å². The molecule has 1 N–H and O–H groups in total. The lowest BCUT2D eigenvalue weighted by Gasteiger charge is -2.23. The summed E-state index contributed by atoms with van der Waals surface area (Å²) in [6.45, 7) is 14.1. The molecule has 0 aliphatic rings. The first kappa shape index (κ1) is 17.2. The maximum absolute atomic E-state index is 11.6. The van der Waals surface area contributed by atoms with Crippen LogP contribution < -0.4 is 5.32 Å². The first-order valence-corrected chi connectivity index (χ1v) is 6.10. The molecule has 0 heterocycles. The third-order valence-electron chi connectivity index (χ3n) is 2.22. The van der Waals surface area contributed by atoms with Gasteiger partial charge < -0.3 is 19.6 Å². The molecule has 6 heteroatoms. The molecule has 108 valence electrons. The predicted molar refractivity (Wildman–Crippen MR) is 70.4 cm³/mol. The highest BCUT2D eigenvalue weighted by Crippen LogP contribution is 2.11. The van der Waals surface area contributed by atoms with Gasteiger partial charge in [-0.3, -0.25) is 0 Å². The maximum Gasteiger partial charge on any atom is 0.408 e. The van der Waals surface area contributed by atoms with Gasteiger partial charge >= 0.3 is 12.1 Å². The molecule has 1 unspecified atom stereocenters. The molecule has 1 amide bonds. The van der Waals surface area contributed by atoms with Crippen LogP contribution in [0.5, 0.6) is 0 Å². The summed E-state index contributed by atoms with van der Waals surface area (Å²) in [4.78, 5) is 26.5. The Bertz CT molecular complexity index is 355. The van der Waals surface area contributed by atoms with Crippen molar-refractivity contribution in [2.45, 2.75) is 45.8 Å². The van der Waals surface area contributed by atoms with Gasteiger partial charge in [0, 0.05) is 5.92 Å². The van der Waals surface area contributed by atoms with Crippen LogP contribution in [0.3, 0.4) is 0 Å². The molecular weight excluding hydrogens is 248 g/mol. The van der Waals surface area contributed by atoms with Gasteiger partial charge in [0.1, 0.15) is 11.6 Å². The van der Waals surface area contributed by atoms with Crippen LogP contribution in [-0.2, 0) is 14.3 Å². The lowest BCUT2D eigenvalue weighted by atomic mass is 10.0. The summed E-state index contributed by atoms with van der Waals surface area (Å²) in [5.74, 6) is -0.556. The summed E-state index contributed by atoms with van der Waals surface area (Å²) < 4.78 is 9.72. The molecule has 0 aromatic heterocycles. The molecule has 0 aromatic carbocycles. The highest BCUT2D eigenvalue weighted by molar-refractivity contribution is 5.81. The van der Waals surface area contributed by atoms with Crippen LogP contribution in [0.15, 0.2) is 0 Å². The van der Waals surface area contributed by atoms with Crippen LogP contribution in [0.1, 0.15) is 34.1 Å². The summed E-state index contributed by atoms with van der Waals surface area (Å²) in [7, 11) is 1.26. The molecule has 0 aromatic rings. The molecule has 2 atom stereocenters. The minimum Gasteiger partial charge on any atom is -0.467 e. The summed E-state index contributed by atoms with van der Waals surface area (Å²) in [6, 6.07) is -0.795. The highest BCUT2D eigenvalue weighted by Gasteiger charge is 2.27. The van der Waals surface area contributed by atoms with Gasteiger partial charge in [-0.25, -0.2) is 16.2 Å². The average Bonchev–Trinajstić information content (AvgIpc) is 2.24. The minimum atomic E-state index is -0.795. The van der Waals surface area contributed by atoms with Gasteiger partial charge in [-0.05, 0) is 27.2 Å². The van der Waals surface area contributed by atoms with Crippen LogP contribution >= 0.6 is 0 Å². The first-order valence-electron chi connectivity index (χ1n) is 6.10. The zero-order valence-electron chi connectivity index (χ0n) is 12.1. The van der Waals surface area contributed by atoms with Crippen LogP contribution in [0, 0.1) is 12.5 Å². The Morgan fingerprint density at radius 3 is 2.37 bits per heavy atom. The quantitative estimate of drug-likeness (QED) is 0.613. The monoisotopic (exact) mass is 270 g/mol. The van der Waals surface area contributed by atoms with E-state index in [0.29, 0.717) is 13.0 Å². The molecule has 19 heavy (non-hydrogen) atoms. The second kappa shape index (κ2) is 7.62. The first-order chi connectivity index (χ1) is 8.69. The highest BCUT2D eigenvalue weighted by atomic mass is 16.6. The second-order valence-corrected chi connectivity index (χ2v) is 5.40. The summed E-state index contributed by atoms with van der Waals surface area (Å²) >= 11 is 0. The van der Waals surface area contributed by atoms with Crippen molar-refractivity contribution in [3.8, 4) is 0 Å². The van der Waals surface area contributed by atoms with E-state index in [9.17, 15) is 9.59 Å². The Labute approximate surface area is 114 Å². The van der Waals surface area contributed by atoms with E-state index in [2.05, 4.69) is 14.9 Å². The maximum atomic E-state index is 11.6. The number of hydrogen-bond donors (Lipinski definition) is 1. The normalized spacial score (nSPS) is 13.9. The smallest absolute Gasteiger partial charge is 0.408 e. The fourth-order valence-corrected chi connectivity index (χ4v) is 1.44. The molecule has 0 spiro atoms. The SMILES string of the molecule is [C-]#[N+]CC(C)C[C@H](NC(=O)OC(C)(C)C)C(=O)OC. The lowest BCUT2D eigenvalue weighted by Crippen LogP contribution is -2.45. The van der Waals surface area contributed by atoms with Crippen molar-refractivity contribution >= 4 is 12.1 Å². The summed E-state index contributed by atoms with van der Waals surface area (Å²) in [5.41, 5.74) is -0.632. The van der Waals surface area contributed by atoms with E-state index in [-0.39, 0.29) is 5.92 Å². The van der Waals surface area contributed by atoms with E-state index in [1.165, 1.54) is 7.11 Å². The number of methoxy groups -OCH3 is 1. The predicted octanol–water partition coefficient (Wildman–Crippen LogP) is 2.00. The van der Waals surface area contributed by atoms with Gasteiger partial charge in [0.25, 0.3) is 0 Å². The van der Waals surface area contributed by atoms with Crippen molar-refractivity contribution in [1.29, 1.82) is 0 Å². The fraction of sp³-hybridized carbons (Fsp3) is 0.769. The number of ether oxygens (including phenoxy) is 2. The van der Waals surface area contributed by atoms with E-state index in [1.54, 1.807) is 20.8 Å². The van der Waals surface area contributed by atoms with Crippen molar-refractivity contribution in [1.82, 2.24) is 5.32 Å². The van der Waals surface area contributed by atoms with Crippen molar-refractivity contribution in [2.24, 2.45) is 5.92 Å². The Hall–Kier alpha value is -1.77. The number of esters is 1. The fourth-order valence-electron chi connectivity index (χ4n) is 1.44. The largest absolute Gasteiger partial charge is 0.467 e. The van der Waals surface area contributed by atoms with E-state index >= 15 is 0 Å². The molecule has 0 saturated carbocycles. The number of nitrogens with zero attached hydrogens (tertiary/aromatic N) is 1. The molecule has 0 aliphatic heterocycles. The van der Waals surface area contributed by atoms with E-state index in [0.717, 1.165) is 0 Å². The van der Waals surface area contributed by atoms with Gasteiger partial charge in [0.05, 0.1) is 7.11 Å². The van der Waals surface area contributed by atoms with Gasteiger partial charge in [-0.2, -0.15) is 0 Å². The van der Waals surface area contributed by atoms with Crippen LogP contribution in [-0.4, -0.2) is 37.4 Å². The minimum absolute atomic E-state index is 0.0171. The topological polar surface area (TPSA) is 69.0 Å². The van der Waals surface area contributed by atoms with Crippen molar-refractivity contribution in [2.75, 3.05) is 13.7 Å². The number of hydrogen-bond acceptors (Lipinski definition) is 4. The standard InChI is InChI=1S/C13H22N2O4/c1-9(8-14-5)7-10(11(16)18-6)15-12(17)19-13(2,3)4/h9-10H,7-8H2,1-4,6H3,(H,15,17)/t9?,10-/m0/s1. The molecule has 0 bridgehead atoms. The number of carbonyl (C=O) groups excluding carboxylic acids is 2. The third kappa shape index (κ3) is 8.03. The average molecular weight is 270 g/mol. The van der Waals surface area contributed by atoms with Crippen molar-refractivity contribution in [3.63, 3.8) is 0 Å². The summed E-state index contributed by atoms with van der Waals surface area (Å²) in [5, 5.41) is 2.47. The molecular formula is C13H22N2O4. The third-order valence-corrected chi connectivity index (χ3v) is 2.22. The van der Waals surface area contributed by atoms with E-state index in [1.807, 2.05) is 6.92 Å². The molecule has 0 radical (unpaired) electrons. The molecule has 0 rings (SSSR count). The number of amides is 1. The van der Waals surface area contributed by atoms with E-state index < -0.39 is 23.7 Å². The second-order valence-electron chi connectivity index (χ2n) is 5.40. The van der Waals surface area contributed by atoms with Gasteiger partial charge in [0.2, 0.25) is 6.54 Å². The molecule has 0 saturated heterocycles. The number of nitrogens with one attached hydrogen (secondary N) is 1. The zero-order chi connectivity index (χ0) is 15.1. The Kier molecular flexibility index (Phi) is 6.91. The number of carbonyl (C=O) groups is 2. The Morgan fingerprint density at radius 1 is 1.37 bits per heavy atom. The Morgan fingerprint density at radius 2 is 1.95 bits per heavy atom. The Balaban J connectivity index is 4.57. The van der Waals surface area contributed by atoms with Gasteiger partial charge in [-0.1, -0.05) is 6.92 Å². The number of rotatable bonds is 5. The number of alkyl carbamates (subject to hydrolysis) is 1. The zero-order valence-corrected chi connectivity index (χ0v) is 12.1. The van der Waals surface area contributed by atoms with Crippen molar-refractivity contribution < 1.29 is 19.1 Å². The van der Waals surface area contributed by atoms with Crippen LogP contribution in [0.25, 0.3) is 4.85 Å². The van der Waals surface area contributed by atoms with Crippen LogP contribution in [0.2, 0.25) is 0 Å². The molecule has 6 nitrogen and oxygen atoms in total. The van der Waals surface area contributed by atoms with Gasteiger partial charge in [-0.15, -0.1) is 0 Å². The van der Waals surface area contributed by atoms with Gasteiger partial charge in [0.15, 0.2) is 0 Å². The van der Waals surface area contributed by atoms with E-state index in [4.69, 9.17) is 11.3 Å². The molecule has 0 aliphatic carbocycles.